The highest BCUT2D eigenvalue weighted by atomic mass is 32.2. The van der Waals surface area contributed by atoms with Gasteiger partial charge < -0.3 is 9.84 Å². The van der Waals surface area contributed by atoms with Crippen LogP contribution in [-0.4, -0.2) is 32.4 Å². The topological polar surface area (TPSA) is 77.2 Å². The molecule has 6 nitrogen and oxygen atoms in total. The summed E-state index contributed by atoms with van der Waals surface area (Å²) in [5.41, 5.74) is 0.628. The summed E-state index contributed by atoms with van der Waals surface area (Å²) in [6.07, 6.45) is -3.55. The van der Waals surface area contributed by atoms with E-state index in [2.05, 4.69) is 10.1 Å². The van der Waals surface area contributed by atoms with Crippen molar-refractivity contribution in [1.29, 1.82) is 0 Å². The highest BCUT2D eigenvalue weighted by Gasteiger charge is 2.30. The number of aromatic nitrogens is 3. The number of hydrogen-bond acceptors (Lipinski definition) is 5. The molecule has 0 saturated heterocycles. The van der Waals surface area contributed by atoms with Crippen LogP contribution in [0.4, 0.5) is 13.2 Å². The van der Waals surface area contributed by atoms with Gasteiger partial charge in [0.25, 0.3) is 0 Å². The largest absolute Gasteiger partial charge is 0.482 e. The number of benzene rings is 2. The SMILES string of the molecule is CCCn1nc(-c2ccc(C(F)(F)F)cc2)nc1CSc1ccc(OCC(=O)O)c(C)c1. The first-order chi connectivity index (χ1) is 15.2. The maximum atomic E-state index is 12.8. The van der Waals surface area contributed by atoms with E-state index in [0.717, 1.165) is 34.8 Å². The lowest BCUT2D eigenvalue weighted by atomic mass is 10.1. The lowest BCUT2D eigenvalue weighted by Crippen LogP contribution is -2.10. The minimum absolute atomic E-state index is 0.386. The Morgan fingerprint density at radius 2 is 1.91 bits per heavy atom. The fourth-order valence-electron chi connectivity index (χ4n) is 2.96. The van der Waals surface area contributed by atoms with Gasteiger partial charge in [0.2, 0.25) is 0 Å². The van der Waals surface area contributed by atoms with E-state index in [4.69, 9.17) is 9.84 Å². The summed E-state index contributed by atoms with van der Waals surface area (Å²) in [6.45, 7) is 4.09. The molecule has 0 aliphatic carbocycles. The Kier molecular flexibility index (Phi) is 7.44. The van der Waals surface area contributed by atoms with Crippen LogP contribution >= 0.6 is 11.8 Å². The number of ether oxygens (including phenoxy) is 1. The molecule has 1 heterocycles. The van der Waals surface area contributed by atoms with Crippen molar-refractivity contribution in [3.63, 3.8) is 0 Å². The molecule has 0 radical (unpaired) electrons. The molecule has 0 bridgehead atoms. The van der Waals surface area contributed by atoms with E-state index in [1.165, 1.54) is 23.9 Å². The number of halogens is 3. The number of nitrogens with zero attached hydrogens (tertiary/aromatic N) is 3. The predicted octanol–water partition coefficient (Wildman–Crippen LogP) is 5.44. The average Bonchev–Trinajstić information content (AvgIpc) is 3.14. The first-order valence-corrected chi connectivity index (χ1v) is 10.9. The molecule has 1 aromatic heterocycles. The van der Waals surface area contributed by atoms with Crippen LogP contribution in [0.25, 0.3) is 11.4 Å². The van der Waals surface area contributed by atoms with E-state index in [-0.39, 0.29) is 0 Å². The summed E-state index contributed by atoms with van der Waals surface area (Å²) in [6, 6.07) is 10.3. The molecule has 0 amide bonds. The molecule has 2 aromatic carbocycles. The molecule has 170 valence electrons. The first kappa shape index (κ1) is 23.6. The van der Waals surface area contributed by atoms with Crippen molar-refractivity contribution in [2.24, 2.45) is 0 Å². The molecular weight excluding hydrogens is 443 g/mol. The summed E-state index contributed by atoms with van der Waals surface area (Å²) in [5.74, 6) is 1.09. The number of carboxylic acid groups (broad SMARTS) is 1. The van der Waals surface area contributed by atoms with Gasteiger partial charge in [-0.1, -0.05) is 19.1 Å². The summed E-state index contributed by atoms with van der Waals surface area (Å²) in [5, 5.41) is 13.2. The van der Waals surface area contributed by atoms with Gasteiger partial charge in [0.15, 0.2) is 12.4 Å². The quantitative estimate of drug-likeness (QED) is 0.424. The molecule has 0 saturated carbocycles. The van der Waals surface area contributed by atoms with Crippen molar-refractivity contribution in [3.8, 4) is 17.1 Å². The molecule has 0 spiro atoms. The Morgan fingerprint density at radius 1 is 1.19 bits per heavy atom. The maximum Gasteiger partial charge on any atom is 0.416 e. The summed E-state index contributed by atoms with van der Waals surface area (Å²) >= 11 is 1.53. The van der Waals surface area contributed by atoms with Crippen LogP contribution in [0, 0.1) is 6.92 Å². The molecule has 0 unspecified atom stereocenters. The zero-order valence-corrected chi connectivity index (χ0v) is 18.3. The van der Waals surface area contributed by atoms with Crippen molar-refractivity contribution in [2.75, 3.05) is 6.61 Å². The third-order valence-corrected chi connectivity index (χ3v) is 5.51. The monoisotopic (exact) mass is 465 g/mol. The van der Waals surface area contributed by atoms with Gasteiger partial charge in [-0.15, -0.1) is 11.8 Å². The van der Waals surface area contributed by atoms with Gasteiger partial charge in [-0.3, -0.25) is 0 Å². The van der Waals surface area contributed by atoms with Crippen LogP contribution in [0.5, 0.6) is 5.75 Å². The van der Waals surface area contributed by atoms with E-state index >= 15 is 0 Å². The van der Waals surface area contributed by atoms with Gasteiger partial charge in [0.1, 0.15) is 11.6 Å². The molecular formula is C22H22F3N3O3S. The second-order valence-electron chi connectivity index (χ2n) is 7.05. The molecule has 0 fully saturated rings. The summed E-state index contributed by atoms with van der Waals surface area (Å²) in [7, 11) is 0. The number of carbonyl (C=O) groups is 1. The van der Waals surface area contributed by atoms with Crippen molar-refractivity contribution in [3.05, 3.63) is 59.4 Å². The second-order valence-corrected chi connectivity index (χ2v) is 8.10. The molecule has 0 aliphatic heterocycles. The number of hydrogen-bond donors (Lipinski definition) is 1. The van der Waals surface area contributed by atoms with Crippen LogP contribution in [0.1, 0.15) is 30.3 Å². The van der Waals surface area contributed by atoms with Crippen molar-refractivity contribution >= 4 is 17.7 Å². The molecule has 0 atom stereocenters. The third kappa shape index (κ3) is 6.03. The van der Waals surface area contributed by atoms with Crippen molar-refractivity contribution < 1.29 is 27.8 Å². The summed E-state index contributed by atoms with van der Waals surface area (Å²) in [4.78, 5) is 16.2. The van der Waals surface area contributed by atoms with E-state index in [1.54, 1.807) is 10.7 Å². The van der Waals surface area contributed by atoms with Gasteiger partial charge in [-0.05, 0) is 49.2 Å². The average molecular weight is 465 g/mol. The fraction of sp³-hybridized carbons (Fsp3) is 0.318. The smallest absolute Gasteiger partial charge is 0.416 e. The van der Waals surface area contributed by atoms with Crippen LogP contribution in [-0.2, 0) is 23.3 Å². The zero-order chi connectivity index (χ0) is 23.3. The minimum Gasteiger partial charge on any atom is -0.482 e. The number of carboxylic acids is 1. The minimum atomic E-state index is -4.39. The van der Waals surface area contributed by atoms with Crippen LogP contribution in [0.2, 0.25) is 0 Å². The fourth-order valence-corrected chi connectivity index (χ4v) is 3.90. The zero-order valence-electron chi connectivity index (χ0n) is 17.5. The molecule has 0 aliphatic rings. The van der Waals surface area contributed by atoms with Gasteiger partial charge in [0, 0.05) is 17.0 Å². The van der Waals surface area contributed by atoms with Crippen LogP contribution < -0.4 is 4.74 Å². The van der Waals surface area contributed by atoms with Crippen molar-refractivity contribution in [2.45, 2.75) is 43.6 Å². The number of thioether (sulfide) groups is 1. The lowest BCUT2D eigenvalue weighted by molar-refractivity contribution is -0.139. The van der Waals surface area contributed by atoms with Gasteiger partial charge in [-0.2, -0.15) is 18.3 Å². The second kappa shape index (κ2) is 10.1. The van der Waals surface area contributed by atoms with Gasteiger partial charge in [-0.25, -0.2) is 14.5 Å². The molecule has 10 heteroatoms. The highest BCUT2D eigenvalue weighted by Crippen LogP contribution is 2.31. The van der Waals surface area contributed by atoms with Gasteiger partial charge >= 0.3 is 12.1 Å². The molecule has 32 heavy (non-hydrogen) atoms. The van der Waals surface area contributed by atoms with E-state index in [1.807, 2.05) is 26.0 Å². The van der Waals surface area contributed by atoms with Crippen molar-refractivity contribution in [1.82, 2.24) is 14.8 Å². The van der Waals surface area contributed by atoms with E-state index in [0.29, 0.717) is 29.4 Å². The number of aryl methyl sites for hydroxylation is 2. The Bertz CT molecular complexity index is 1080. The highest BCUT2D eigenvalue weighted by molar-refractivity contribution is 7.98. The van der Waals surface area contributed by atoms with Crippen LogP contribution in [0.15, 0.2) is 47.4 Å². The number of rotatable bonds is 9. The third-order valence-electron chi connectivity index (χ3n) is 4.52. The molecule has 3 rings (SSSR count). The number of alkyl halides is 3. The lowest BCUT2D eigenvalue weighted by Gasteiger charge is -2.09. The Labute approximate surface area is 187 Å². The maximum absolute atomic E-state index is 12.8. The van der Waals surface area contributed by atoms with E-state index in [9.17, 15) is 18.0 Å². The van der Waals surface area contributed by atoms with E-state index < -0.39 is 24.3 Å². The Morgan fingerprint density at radius 3 is 2.50 bits per heavy atom. The normalized spacial score (nSPS) is 11.5. The first-order valence-electron chi connectivity index (χ1n) is 9.86. The molecule has 1 N–H and O–H groups in total. The molecule has 3 aromatic rings. The number of aliphatic carboxylic acids is 1. The predicted molar refractivity (Wildman–Crippen MR) is 115 cm³/mol. The summed E-state index contributed by atoms with van der Waals surface area (Å²) < 4.78 is 45.5. The standard InChI is InChI=1S/C22H22F3N3O3S/c1-3-10-28-19(13-32-17-8-9-18(14(2)11-17)31-12-20(29)30)26-21(27-28)15-4-6-16(7-5-15)22(23,24)25/h4-9,11H,3,10,12-13H2,1-2H3,(H,29,30). The Hall–Kier alpha value is -3.01. The van der Waals surface area contributed by atoms with Crippen LogP contribution in [0.3, 0.4) is 0 Å². The van der Waals surface area contributed by atoms with Gasteiger partial charge in [0.05, 0.1) is 11.3 Å². The Balaban J connectivity index is 1.74.